The minimum absolute atomic E-state index is 0.108. The Kier molecular flexibility index (Phi) is 5.67. The van der Waals surface area contributed by atoms with Gasteiger partial charge in [-0.05, 0) is 18.6 Å². The van der Waals surface area contributed by atoms with Crippen LogP contribution in [0.2, 0.25) is 0 Å². The highest BCUT2D eigenvalue weighted by Crippen LogP contribution is 2.22. The molecule has 0 aliphatic rings. The lowest BCUT2D eigenvalue weighted by molar-refractivity contribution is -0.386. The Morgan fingerprint density at radius 3 is 2.79 bits per heavy atom. The van der Waals surface area contributed by atoms with Crippen LogP contribution in [0.1, 0.15) is 43.0 Å². The first-order chi connectivity index (χ1) is 13.4. The van der Waals surface area contributed by atoms with Crippen LogP contribution in [0.25, 0.3) is 21.8 Å². The number of aromatic nitrogens is 2. The van der Waals surface area contributed by atoms with Gasteiger partial charge in [0.1, 0.15) is 0 Å². The molecule has 0 spiro atoms. The highest BCUT2D eigenvalue weighted by Gasteiger charge is 2.18. The number of carbonyl (C=O) groups excluding carboxylic acids is 1. The van der Waals surface area contributed by atoms with Crippen molar-refractivity contribution < 1.29 is 9.72 Å². The molecule has 0 bridgehead atoms. The van der Waals surface area contributed by atoms with E-state index in [1.165, 1.54) is 12.3 Å². The lowest BCUT2D eigenvalue weighted by atomic mass is 10.1. The summed E-state index contributed by atoms with van der Waals surface area (Å²) < 4.78 is 0. The number of carbonyl (C=O) groups is 1. The van der Waals surface area contributed by atoms with E-state index in [2.05, 4.69) is 16.9 Å². The highest BCUT2D eigenvalue weighted by molar-refractivity contribution is 6.05. The van der Waals surface area contributed by atoms with E-state index in [-0.39, 0.29) is 11.3 Å². The summed E-state index contributed by atoms with van der Waals surface area (Å²) >= 11 is 0. The second-order valence-corrected chi connectivity index (χ2v) is 6.83. The molecule has 0 radical (unpaired) electrons. The Morgan fingerprint density at radius 2 is 2.07 bits per heavy atom. The van der Waals surface area contributed by atoms with Crippen molar-refractivity contribution in [1.29, 1.82) is 0 Å². The molecular weight excluding hydrogens is 360 g/mol. The number of nitro groups is 1. The average Bonchev–Trinajstić information content (AvgIpc) is 2.69. The van der Waals surface area contributed by atoms with Crippen LogP contribution in [0.5, 0.6) is 0 Å². The summed E-state index contributed by atoms with van der Waals surface area (Å²) in [5, 5.41) is 11.8. The summed E-state index contributed by atoms with van der Waals surface area (Å²) in [6, 6.07) is 4.90. The number of amides is 1. The Labute approximate surface area is 161 Å². The Morgan fingerprint density at radius 1 is 1.29 bits per heavy atom. The monoisotopic (exact) mass is 382 g/mol. The average molecular weight is 382 g/mol. The molecule has 146 valence electrons. The molecule has 8 heteroatoms. The van der Waals surface area contributed by atoms with E-state index in [4.69, 9.17) is 0 Å². The number of H-pyrrole nitrogens is 1. The number of nitrogens with zero attached hydrogens (tertiary/aromatic N) is 3. The van der Waals surface area contributed by atoms with Gasteiger partial charge in [0, 0.05) is 25.2 Å². The molecule has 8 nitrogen and oxygen atoms in total. The van der Waals surface area contributed by atoms with Crippen LogP contribution in [0.15, 0.2) is 35.4 Å². The predicted molar refractivity (Wildman–Crippen MR) is 108 cm³/mol. The van der Waals surface area contributed by atoms with E-state index in [0.29, 0.717) is 28.5 Å². The highest BCUT2D eigenvalue weighted by atomic mass is 16.6. The van der Waals surface area contributed by atoms with Gasteiger partial charge in [0.15, 0.2) is 0 Å². The number of aromatic amines is 1. The standard InChI is InChI=1S/C20H22N4O4/c1-3-4-5-6-9-23(2)20(26)14-10-13-7-8-15-18(17(13)21-11-14)22-12-16(19(15)25)24(27)28/h7-8,10-12H,3-6,9H2,1-2H3,(H,22,25). The molecule has 2 heterocycles. The Bertz CT molecular complexity index is 1110. The molecular formula is C20H22N4O4. The van der Waals surface area contributed by atoms with Gasteiger partial charge in [-0.2, -0.15) is 0 Å². The van der Waals surface area contributed by atoms with Crippen molar-refractivity contribution >= 4 is 33.4 Å². The minimum atomic E-state index is -0.714. The van der Waals surface area contributed by atoms with Gasteiger partial charge in [0.2, 0.25) is 0 Å². The van der Waals surface area contributed by atoms with Gasteiger partial charge in [-0.25, -0.2) is 0 Å². The number of benzene rings is 1. The van der Waals surface area contributed by atoms with Crippen molar-refractivity contribution in [3.8, 4) is 0 Å². The molecule has 1 aromatic carbocycles. The maximum atomic E-state index is 12.6. The molecule has 0 saturated carbocycles. The van der Waals surface area contributed by atoms with Crippen LogP contribution >= 0.6 is 0 Å². The van der Waals surface area contributed by atoms with E-state index in [9.17, 15) is 19.7 Å². The van der Waals surface area contributed by atoms with Crippen LogP contribution in [0, 0.1) is 10.1 Å². The number of fused-ring (bicyclic) bond motifs is 3. The first-order valence-corrected chi connectivity index (χ1v) is 9.28. The van der Waals surface area contributed by atoms with Gasteiger partial charge in [-0.3, -0.25) is 24.7 Å². The fourth-order valence-electron chi connectivity index (χ4n) is 3.23. The van der Waals surface area contributed by atoms with E-state index in [0.717, 1.165) is 31.9 Å². The van der Waals surface area contributed by atoms with Crippen LogP contribution in [0.3, 0.4) is 0 Å². The third kappa shape index (κ3) is 3.71. The minimum Gasteiger partial charge on any atom is -0.353 e. The smallest absolute Gasteiger partial charge is 0.332 e. The fraction of sp³-hybridized carbons (Fsp3) is 0.350. The largest absolute Gasteiger partial charge is 0.353 e. The fourth-order valence-corrected chi connectivity index (χ4v) is 3.23. The second-order valence-electron chi connectivity index (χ2n) is 6.83. The number of hydrogen-bond acceptors (Lipinski definition) is 5. The van der Waals surface area contributed by atoms with Crippen LogP contribution in [0.4, 0.5) is 5.69 Å². The zero-order chi connectivity index (χ0) is 20.3. The molecule has 0 aliphatic heterocycles. The summed E-state index contributed by atoms with van der Waals surface area (Å²) in [4.78, 5) is 44.0. The molecule has 28 heavy (non-hydrogen) atoms. The van der Waals surface area contributed by atoms with Crippen molar-refractivity contribution in [3.63, 3.8) is 0 Å². The van der Waals surface area contributed by atoms with Crippen LogP contribution in [-0.2, 0) is 0 Å². The summed E-state index contributed by atoms with van der Waals surface area (Å²) in [5.74, 6) is -0.108. The molecule has 0 unspecified atom stereocenters. The topological polar surface area (TPSA) is 109 Å². The SMILES string of the molecule is CCCCCCN(C)C(=O)c1cnc2c(ccc3c(=O)c([N+](=O)[O-])c[nH]c32)c1. The van der Waals surface area contributed by atoms with E-state index < -0.39 is 16.0 Å². The third-order valence-electron chi connectivity index (χ3n) is 4.82. The maximum Gasteiger partial charge on any atom is 0.332 e. The van der Waals surface area contributed by atoms with Crippen molar-refractivity contribution in [3.05, 3.63) is 56.5 Å². The van der Waals surface area contributed by atoms with Gasteiger partial charge in [0.25, 0.3) is 11.3 Å². The van der Waals surface area contributed by atoms with E-state index in [1.807, 2.05) is 0 Å². The summed E-state index contributed by atoms with van der Waals surface area (Å²) in [6.45, 7) is 2.83. The number of rotatable bonds is 7. The lowest BCUT2D eigenvalue weighted by Crippen LogP contribution is -2.27. The number of pyridine rings is 2. The zero-order valence-corrected chi connectivity index (χ0v) is 15.9. The molecule has 0 saturated heterocycles. The molecule has 0 fully saturated rings. The van der Waals surface area contributed by atoms with Crippen LogP contribution < -0.4 is 5.43 Å². The van der Waals surface area contributed by atoms with Crippen LogP contribution in [-0.4, -0.2) is 39.3 Å². The van der Waals surface area contributed by atoms with Gasteiger partial charge >= 0.3 is 5.69 Å². The van der Waals surface area contributed by atoms with Gasteiger partial charge in [-0.1, -0.05) is 32.3 Å². The normalized spacial score (nSPS) is 11.1. The molecule has 1 amide bonds. The quantitative estimate of drug-likeness (QED) is 0.290. The molecule has 1 N–H and O–H groups in total. The van der Waals surface area contributed by atoms with E-state index >= 15 is 0 Å². The number of hydrogen-bond donors (Lipinski definition) is 1. The number of nitrogens with one attached hydrogen (secondary N) is 1. The van der Waals surface area contributed by atoms with Crippen molar-refractivity contribution in [1.82, 2.24) is 14.9 Å². The third-order valence-corrected chi connectivity index (χ3v) is 4.82. The summed E-state index contributed by atoms with van der Waals surface area (Å²) in [7, 11) is 1.77. The van der Waals surface area contributed by atoms with E-state index in [1.54, 1.807) is 24.1 Å². The molecule has 2 aromatic heterocycles. The maximum absolute atomic E-state index is 12.6. The number of unbranched alkanes of at least 4 members (excludes halogenated alkanes) is 3. The predicted octanol–water partition coefficient (Wildman–Crippen LogP) is 3.64. The summed E-state index contributed by atoms with van der Waals surface area (Å²) in [6.07, 6.45) is 6.91. The first kappa shape index (κ1) is 19.5. The molecule has 3 aromatic rings. The van der Waals surface area contributed by atoms with Crippen molar-refractivity contribution in [2.75, 3.05) is 13.6 Å². The second kappa shape index (κ2) is 8.16. The Hall–Kier alpha value is -3.29. The van der Waals surface area contributed by atoms with Gasteiger partial charge in [0.05, 0.1) is 33.1 Å². The van der Waals surface area contributed by atoms with Crippen molar-refractivity contribution in [2.45, 2.75) is 32.6 Å². The molecule has 3 rings (SSSR count). The zero-order valence-electron chi connectivity index (χ0n) is 15.9. The first-order valence-electron chi connectivity index (χ1n) is 9.28. The van der Waals surface area contributed by atoms with Gasteiger partial charge in [-0.15, -0.1) is 0 Å². The van der Waals surface area contributed by atoms with Crippen molar-refractivity contribution in [2.24, 2.45) is 0 Å². The molecule has 0 atom stereocenters. The van der Waals surface area contributed by atoms with Gasteiger partial charge < -0.3 is 9.88 Å². The Balaban J connectivity index is 1.93. The summed E-state index contributed by atoms with van der Waals surface area (Å²) in [5.41, 5.74) is 0.207. The molecule has 0 aliphatic carbocycles. The lowest BCUT2D eigenvalue weighted by Gasteiger charge is -2.17.